The number of hydrogen-bond donors (Lipinski definition) is 1. The van der Waals surface area contributed by atoms with E-state index in [9.17, 15) is 4.79 Å². The highest BCUT2D eigenvalue weighted by atomic mass is 32.1. The lowest BCUT2D eigenvalue weighted by atomic mass is 10.1. The maximum Gasteiger partial charge on any atom is 0.421 e. The lowest BCUT2D eigenvalue weighted by Crippen LogP contribution is -2.36. The topological polar surface area (TPSA) is 29.5 Å². The van der Waals surface area contributed by atoms with Gasteiger partial charge in [-0.05, 0) is 11.8 Å². The van der Waals surface area contributed by atoms with E-state index < -0.39 is 0 Å². The molecule has 0 spiro atoms. The van der Waals surface area contributed by atoms with Crippen molar-refractivity contribution in [1.29, 1.82) is 0 Å². The Morgan fingerprint density at radius 2 is 1.62 bits per heavy atom. The van der Waals surface area contributed by atoms with E-state index in [1.165, 1.54) is 0 Å². The summed E-state index contributed by atoms with van der Waals surface area (Å²) < 4.78 is 4.40. The van der Waals surface area contributed by atoms with Crippen molar-refractivity contribution in [3.8, 4) is 0 Å². The lowest BCUT2D eigenvalue weighted by molar-refractivity contribution is 0.148. The molecule has 1 amide bonds. The average molecular weight is 205 g/mol. The summed E-state index contributed by atoms with van der Waals surface area (Å²) in [6.45, 7) is 9.71. The molecule has 3 nitrogen and oxygen atoms in total. The van der Waals surface area contributed by atoms with E-state index in [0.29, 0.717) is 11.8 Å². The Hall–Kier alpha value is -0.380. The maximum absolute atomic E-state index is 11.2. The van der Waals surface area contributed by atoms with Gasteiger partial charge in [0.15, 0.2) is 0 Å². The Morgan fingerprint density at radius 3 is 1.85 bits per heavy atom. The van der Waals surface area contributed by atoms with Crippen LogP contribution in [0.1, 0.15) is 27.7 Å². The number of hydrogen-bond acceptors (Lipinski definition) is 3. The van der Waals surface area contributed by atoms with Gasteiger partial charge >= 0.3 is 6.09 Å². The minimum Gasteiger partial charge on any atom is -0.378 e. The van der Waals surface area contributed by atoms with Gasteiger partial charge in [0.2, 0.25) is 0 Å². The second-order valence-corrected chi connectivity index (χ2v) is 4.23. The van der Waals surface area contributed by atoms with E-state index in [1.54, 1.807) is 4.90 Å². The number of nitrogens with zero attached hydrogens (tertiary/aromatic N) is 1. The minimum absolute atomic E-state index is 0.356. The SMILES string of the molecule is CC(C)CN(CC(C)C)C(=O)OS. The van der Waals surface area contributed by atoms with Crippen molar-refractivity contribution in [2.24, 2.45) is 11.8 Å². The molecule has 0 atom stereocenters. The fourth-order valence-electron chi connectivity index (χ4n) is 1.16. The molecule has 0 aromatic rings. The van der Waals surface area contributed by atoms with E-state index in [4.69, 9.17) is 0 Å². The van der Waals surface area contributed by atoms with E-state index in [1.807, 2.05) is 0 Å². The molecule has 0 unspecified atom stereocenters. The molecule has 0 fully saturated rings. The monoisotopic (exact) mass is 205 g/mol. The fraction of sp³-hybridized carbons (Fsp3) is 0.889. The van der Waals surface area contributed by atoms with Crippen LogP contribution in [-0.4, -0.2) is 24.1 Å². The summed E-state index contributed by atoms with van der Waals surface area (Å²) in [4.78, 5) is 12.9. The van der Waals surface area contributed by atoms with Crippen LogP contribution in [0.15, 0.2) is 0 Å². The van der Waals surface area contributed by atoms with Crippen LogP contribution in [0, 0.1) is 11.8 Å². The van der Waals surface area contributed by atoms with Crippen LogP contribution in [-0.2, 0) is 4.18 Å². The molecule has 0 aromatic heterocycles. The molecule has 0 saturated heterocycles. The van der Waals surface area contributed by atoms with Crippen LogP contribution in [0.25, 0.3) is 0 Å². The molecule has 0 bridgehead atoms. The van der Waals surface area contributed by atoms with Gasteiger partial charge in [-0.2, -0.15) is 0 Å². The summed E-state index contributed by atoms with van der Waals surface area (Å²) in [7, 11) is 0. The van der Waals surface area contributed by atoms with Crippen molar-refractivity contribution in [2.45, 2.75) is 27.7 Å². The molecular weight excluding hydrogens is 186 g/mol. The highest BCUT2D eigenvalue weighted by Gasteiger charge is 2.16. The second-order valence-electron chi connectivity index (χ2n) is 4.05. The van der Waals surface area contributed by atoms with Crippen molar-refractivity contribution in [3.05, 3.63) is 0 Å². The molecule has 0 heterocycles. The van der Waals surface area contributed by atoms with Gasteiger partial charge in [0.1, 0.15) is 0 Å². The zero-order valence-electron chi connectivity index (χ0n) is 8.78. The molecule has 0 aliphatic rings. The molecule has 4 heteroatoms. The number of thiol groups is 1. The lowest BCUT2D eigenvalue weighted by Gasteiger charge is -2.24. The number of carbonyl (C=O) groups excluding carboxylic acids is 1. The van der Waals surface area contributed by atoms with Gasteiger partial charge < -0.3 is 9.08 Å². The Labute approximate surface area is 86.1 Å². The van der Waals surface area contributed by atoms with Crippen molar-refractivity contribution >= 4 is 19.0 Å². The Balaban J connectivity index is 4.10. The summed E-state index contributed by atoms with van der Waals surface area (Å²) in [5, 5.41) is 0. The van der Waals surface area contributed by atoms with Crippen molar-refractivity contribution in [2.75, 3.05) is 13.1 Å². The van der Waals surface area contributed by atoms with E-state index in [0.717, 1.165) is 13.1 Å². The highest BCUT2D eigenvalue weighted by molar-refractivity contribution is 7.75. The molecule has 0 rings (SSSR count). The largest absolute Gasteiger partial charge is 0.421 e. The first-order chi connectivity index (χ1) is 5.97. The van der Waals surface area contributed by atoms with Crippen LogP contribution in [0.4, 0.5) is 4.79 Å². The zero-order valence-corrected chi connectivity index (χ0v) is 9.67. The molecule has 0 N–H and O–H groups in total. The van der Waals surface area contributed by atoms with Gasteiger partial charge in [-0.25, -0.2) is 4.79 Å². The number of amides is 1. The Morgan fingerprint density at radius 1 is 1.23 bits per heavy atom. The van der Waals surface area contributed by atoms with Gasteiger partial charge in [-0.1, -0.05) is 27.7 Å². The Bertz CT molecular complexity index is 150. The third kappa shape index (κ3) is 5.80. The maximum atomic E-state index is 11.2. The smallest absolute Gasteiger partial charge is 0.378 e. The molecular formula is C9H19NO2S. The molecule has 0 radical (unpaired) electrons. The van der Waals surface area contributed by atoms with Gasteiger partial charge in [0.05, 0.1) is 0 Å². The van der Waals surface area contributed by atoms with E-state index in [-0.39, 0.29) is 6.09 Å². The first-order valence-corrected chi connectivity index (χ1v) is 4.94. The third-order valence-corrected chi connectivity index (χ3v) is 1.66. The summed E-state index contributed by atoms with van der Waals surface area (Å²) >= 11 is 3.51. The predicted octanol–water partition coefficient (Wildman–Crippen LogP) is 2.58. The Kier molecular flexibility index (Phi) is 5.95. The van der Waals surface area contributed by atoms with E-state index >= 15 is 0 Å². The molecule has 0 saturated carbocycles. The average Bonchev–Trinajstić information content (AvgIpc) is 2.00. The second kappa shape index (κ2) is 6.13. The van der Waals surface area contributed by atoms with Crippen LogP contribution in [0.3, 0.4) is 0 Å². The summed E-state index contributed by atoms with van der Waals surface area (Å²) in [6, 6.07) is 0. The summed E-state index contributed by atoms with van der Waals surface area (Å²) in [5.41, 5.74) is 0. The molecule has 13 heavy (non-hydrogen) atoms. The molecule has 0 aliphatic heterocycles. The van der Waals surface area contributed by atoms with Gasteiger partial charge in [0, 0.05) is 26.0 Å². The van der Waals surface area contributed by atoms with Crippen molar-refractivity contribution < 1.29 is 8.98 Å². The van der Waals surface area contributed by atoms with Gasteiger partial charge in [-0.3, -0.25) is 0 Å². The molecule has 78 valence electrons. The number of rotatable bonds is 4. The summed E-state index contributed by atoms with van der Waals surface area (Å²) in [6.07, 6.45) is -0.356. The summed E-state index contributed by atoms with van der Waals surface area (Å²) in [5.74, 6) is 0.900. The van der Waals surface area contributed by atoms with Gasteiger partial charge in [-0.15, -0.1) is 0 Å². The van der Waals surface area contributed by atoms with E-state index in [2.05, 4.69) is 44.8 Å². The standard InChI is InChI=1S/C9H19NO2S/c1-7(2)5-10(6-8(3)4)9(11)12-13/h7-8,13H,5-6H2,1-4H3. The van der Waals surface area contributed by atoms with Crippen LogP contribution in [0.5, 0.6) is 0 Å². The predicted molar refractivity (Wildman–Crippen MR) is 56.7 cm³/mol. The van der Waals surface area contributed by atoms with Crippen LogP contribution < -0.4 is 0 Å². The fourth-order valence-corrected chi connectivity index (χ4v) is 1.28. The molecule has 0 aliphatic carbocycles. The first-order valence-electron chi connectivity index (χ1n) is 4.57. The quantitative estimate of drug-likeness (QED) is 0.564. The number of carbonyl (C=O) groups is 1. The van der Waals surface area contributed by atoms with Crippen molar-refractivity contribution in [3.63, 3.8) is 0 Å². The third-order valence-electron chi connectivity index (χ3n) is 1.51. The van der Waals surface area contributed by atoms with Crippen LogP contribution >= 0.6 is 12.9 Å². The normalized spacial score (nSPS) is 10.7. The molecule has 0 aromatic carbocycles. The zero-order chi connectivity index (χ0) is 10.4. The first kappa shape index (κ1) is 12.6. The highest BCUT2D eigenvalue weighted by Crippen LogP contribution is 2.06. The van der Waals surface area contributed by atoms with Crippen molar-refractivity contribution in [1.82, 2.24) is 4.90 Å². The minimum atomic E-state index is -0.356. The van der Waals surface area contributed by atoms with Gasteiger partial charge in [0.25, 0.3) is 0 Å². The van der Waals surface area contributed by atoms with Crippen LogP contribution in [0.2, 0.25) is 0 Å².